The van der Waals surface area contributed by atoms with Crippen LogP contribution in [0.15, 0.2) is 33.8 Å². The lowest BCUT2D eigenvalue weighted by Gasteiger charge is -2.35. The molecular weight excluding hydrogens is 486 g/mol. The SMILES string of the molecule is CN=C(NCCc1nc(C(C)C)no1)NC1CCCN(c2cccc(F)c2)C1.I. The number of piperidine rings is 1. The minimum absolute atomic E-state index is 0. The molecular formula is C20H30FIN6O. The van der Waals surface area contributed by atoms with E-state index in [0.717, 1.165) is 43.4 Å². The van der Waals surface area contributed by atoms with Gasteiger partial charge < -0.3 is 20.1 Å². The van der Waals surface area contributed by atoms with Crippen LogP contribution in [0.4, 0.5) is 10.1 Å². The summed E-state index contributed by atoms with van der Waals surface area (Å²) in [5, 5.41) is 10.7. The van der Waals surface area contributed by atoms with Gasteiger partial charge in [-0.25, -0.2) is 4.39 Å². The van der Waals surface area contributed by atoms with Gasteiger partial charge in [0.05, 0.1) is 0 Å². The van der Waals surface area contributed by atoms with Gasteiger partial charge in [-0.15, -0.1) is 24.0 Å². The molecule has 1 aliphatic heterocycles. The third kappa shape index (κ3) is 6.83. The Labute approximate surface area is 188 Å². The predicted octanol–water partition coefficient (Wildman–Crippen LogP) is 3.33. The average molecular weight is 516 g/mol. The molecule has 1 aromatic carbocycles. The van der Waals surface area contributed by atoms with Gasteiger partial charge in [-0.2, -0.15) is 4.98 Å². The van der Waals surface area contributed by atoms with Crippen molar-refractivity contribution in [2.45, 2.75) is 45.1 Å². The molecule has 0 radical (unpaired) electrons. The van der Waals surface area contributed by atoms with E-state index in [4.69, 9.17) is 4.52 Å². The summed E-state index contributed by atoms with van der Waals surface area (Å²) in [5.74, 6) is 2.16. The van der Waals surface area contributed by atoms with Crippen molar-refractivity contribution in [3.63, 3.8) is 0 Å². The Balaban J connectivity index is 0.00000300. The molecule has 3 rings (SSSR count). The lowest BCUT2D eigenvalue weighted by atomic mass is 10.0. The summed E-state index contributed by atoms with van der Waals surface area (Å²) in [5.41, 5.74) is 0.923. The molecule has 1 fully saturated rings. The van der Waals surface area contributed by atoms with Crippen molar-refractivity contribution in [1.29, 1.82) is 0 Å². The third-order valence-corrected chi connectivity index (χ3v) is 4.79. The van der Waals surface area contributed by atoms with Crippen LogP contribution in [-0.4, -0.2) is 48.8 Å². The first-order valence-electron chi connectivity index (χ1n) is 9.85. The molecule has 1 atom stereocenters. The maximum atomic E-state index is 13.5. The van der Waals surface area contributed by atoms with E-state index in [1.807, 2.05) is 19.9 Å². The van der Waals surface area contributed by atoms with Gasteiger partial charge in [0.1, 0.15) is 5.82 Å². The van der Waals surface area contributed by atoms with Crippen LogP contribution in [0, 0.1) is 5.82 Å². The van der Waals surface area contributed by atoms with Crippen molar-refractivity contribution in [3.05, 3.63) is 41.8 Å². The summed E-state index contributed by atoms with van der Waals surface area (Å²) < 4.78 is 18.8. The highest BCUT2D eigenvalue weighted by atomic mass is 127. The first kappa shape index (κ1) is 23.4. The Bertz CT molecular complexity index is 797. The molecule has 0 saturated carbocycles. The Kier molecular flexibility index (Phi) is 9.12. The van der Waals surface area contributed by atoms with Crippen molar-refractivity contribution in [1.82, 2.24) is 20.8 Å². The Hall–Kier alpha value is -1.91. The topological polar surface area (TPSA) is 78.6 Å². The Morgan fingerprint density at radius 1 is 1.41 bits per heavy atom. The third-order valence-electron chi connectivity index (χ3n) is 4.79. The molecule has 0 spiro atoms. The van der Waals surface area contributed by atoms with E-state index < -0.39 is 0 Å². The van der Waals surface area contributed by atoms with Crippen LogP contribution in [0.5, 0.6) is 0 Å². The van der Waals surface area contributed by atoms with Crippen molar-refractivity contribution in [2.75, 3.05) is 31.6 Å². The highest BCUT2D eigenvalue weighted by Gasteiger charge is 2.21. The van der Waals surface area contributed by atoms with Gasteiger partial charge in [0.2, 0.25) is 5.89 Å². The number of guanidine groups is 1. The maximum Gasteiger partial charge on any atom is 0.228 e. The van der Waals surface area contributed by atoms with Gasteiger partial charge in [0, 0.05) is 50.7 Å². The van der Waals surface area contributed by atoms with E-state index in [1.54, 1.807) is 19.2 Å². The maximum absolute atomic E-state index is 13.5. The monoisotopic (exact) mass is 516 g/mol. The van der Waals surface area contributed by atoms with E-state index in [1.165, 1.54) is 6.07 Å². The smallest absolute Gasteiger partial charge is 0.228 e. The highest BCUT2D eigenvalue weighted by molar-refractivity contribution is 14.0. The first-order chi connectivity index (χ1) is 13.5. The minimum atomic E-state index is -0.202. The van der Waals surface area contributed by atoms with E-state index in [2.05, 4.69) is 30.7 Å². The number of benzene rings is 1. The number of rotatable bonds is 6. The molecule has 0 amide bonds. The molecule has 1 aromatic heterocycles. The predicted molar refractivity (Wildman–Crippen MR) is 124 cm³/mol. The van der Waals surface area contributed by atoms with Crippen molar-refractivity contribution in [2.24, 2.45) is 4.99 Å². The largest absolute Gasteiger partial charge is 0.369 e. The summed E-state index contributed by atoms with van der Waals surface area (Å²) in [4.78, 5) is 10.9. The summed E-state index contributed by atoms with van der Waals surface area (Å²) in [6.45, 7) is 6.47. The van der Waals surface area contributed by atoms with Gasteiger partial charge in [-0.05, 0) is 31.0 Å². The Morgan fingerprint density at radius 3 is 2.93 bits per heavy atom. The van der Waals surface area contributed by atoms with Crippen molar-refractivity contribution in [3.8, 4) is 0 Å². The van der Waals surface area contributed by atoms with Crippen LogP contribution in [0.1, 0.15) is 44.3 Å². The van der Waals surface area contributed by atoms with E-state index in [-0.39, 0.29) is 41.8 Å². The zero-order chi connectivity index (χ0) is 19.9. The number of aromatic nitrogens is 2. The normalized spacial score (nSPS) is 17.2. The van der Waals surface area contributed by atoms with Gasteiger partial charge in [-0.3, -0.25) is 4.99 Å². The average Bonchev–Trinajstić information content (AvgIpc) is 3.17. The lowest BCUT2D eigenvalue weighted by Crippen LogP contribution is -2.51. The molecule has 2 N–H and O–H groups in total. The second-order valence-electron chi connectivity index (χ2n) is 7.36. The quantitative estimate of drug-likeness (QED) is 0.349. The van der Waals surface area contributed by atoms with Crippen molar-refractivity contribution >= 4 is 35.6 Å². The van der Waals surface area contributed by atoms with Crippen LogP contribution in [0.25, 0.3) is 0 Å². The van der Waals surface area contributed by atoms with Gasteiger partial charge in [-0.1, -0.05) is 25.1 Å². The number of aliphatic imine (C=N–C) groups is 1. The standard InChI is InChI=1S/C20H29FN6O.HI/c1-14(2)19-25-18(28-26-19)9-10-23-20(22-3)24-16-7-5-11-27(13-16)17-8-4-6-15(21)12-17;/h4,6,8,12,14,16H,5,7,9-11,13H2,1-3H3,(H2,22,23,24);1H. The molecule has 2 aromatic rings. The number of nitrogens with one attached hydrogen (secondary N) is 2. The second-order valence-corrected chi connectivity index (χ2v) is 7.36. The van der Waals surface area contributed by atoms with Crippen LogP contribution < -0.4 is 15.5 Å². The minimum Gasteiger partial charge on any atom is -0.369 e. The summed E-state index contributed by atoms with van der Waals surface area (Å²) >= 11 is 0. The van der Waals surface area contributed by atoms with Gasteiger partial charge in [0.15, 0.2) is 11.8 Å². The van der Waals surface area contributed by atoms with Crippen LogP contribution in [-0.2, 0) is 6.42 Å². The fourth-order valence-electron chi connectivity index (χ4n) is 3.28. The number of anilines is 1. The highest BCUT2D eigenvalue weighted by Crippen LogP contribution is 2.20. The van der Waals surface area contributed by atoms with Crippen LogP contribution in [0.2, 0.25) is 0 Å². The zero-order valence-corrected chi connectivity index (χ0v) is 19.5. The molecule has 1 saturated heterocycles. The number of nitrogens with zero attached hydrogens (tertiary/aromatic N) is 4. The Morgan fingerprint density at radius 2 is 2.24 bits per heavy atom. The number of hydrogen-bond acceptors (Lipinski definition) is 5. The number of halogens is 2. The number of hydrogen-bond donors (Lipinski definition) is 2. The van der Waals surface area contributed by atoms with E-state index in [0.29, 0.717) is 18.9 Å². The second kappa shape index (κ2) is 11.3. The molecule has 1 aliphatic rings. The van der Waals surface area contributed by atoms with Crippen LogP contribution >= 0.6 is 24.0 Å². The molecule has 2 heterocycles. The molecule has 0 bridgehead atoms. The molecule has 7 nitrogen and oxygen atoms in total. The fourth-order valence-corrected chi connectivity index (χ4v) is 3.28. The molecule has 9 heteroatoms. The summed E-state index contributed by atoms with van der Waals surface area (Å²) in [6.07, 6.45) is 2.74. The van der Waals surface area contributed by atoms with Crippen molar-refractivity contribution < 1.29 is 8.91 Å². The molecule has 0 aliphatic carbocycles. The first-order valence-corrected chi connectivity index (χ1v) is 9.85. The molecule has 29 heavy (non-hydrogen) atoms. The lowest BCUT2D eigenvalue weighted by molar-refractivity contribution is 0.371. The van der Waals surface area contributed by atoms with E-state index >= 15 is 0 Å². The molecule has 160 valence electrons. The van der Waals surface area contributed by atoms with E-state index in [9.17, 15) is 4.39 Å². The molecule has 1 unspecified atom stereocenters. The summed E-state index contributed by atoms with van der Waals surface area (Å²) in [6, 6.07) is 7.02. The van der Waals surface area contributed by atoms with Gasteiger partial charge in [0.25, 0.3) is 0 Å². The zero-order valence-electron chi connectivity index (χ0n) is 17.2. The van der Waals surface area contributed by atoms with Crippen LogP contribution in [0.3, 0.4) is 0 Å². The summed E-state index contributed by atoms with van der Waals surface area (Å²) in [7, 11) is 1.76. The fraction of sp³-hybridized carbons (Fsp3) is 0.550. The van der Waals surface area contributed by atoms with Gasteiger partial charge >= 0.3 is 0 Å².